The monoisotopic (exact) mass is 296 g/mol. The SMILES string of the molecule is CC(C)(C)c1ccc(C(O)(CS(C)(=O)=O)C2CC2)cc1. The summed E-state index contributed by atoms with van der Waals surface area (Å²) in [6, 6.07) is 7.74. The van der Waals surface area contributed by atoms with Crippen molar-refractivity contribution in [1.29, 1.82) is 0 Å². The van der Waals surface area contributed by atoms with Crippen molar-refractivity contribution in [3.05, 3.63) is 35.4 Å². The van der Waals surface area contributed by atoms with Crippen LogP contribution in [-0.4, -0.2) is 25.5 Å². The van der Waals surface area contributed by atoms with Crippen molar-refractivity contribution in [3.8, 4) is 0 Å². The molecule has 1 saturated carbocycles. The van der Waals surface area contributed by atoms with Gasteiger partial charge in [0.25, 0.3) is 0 Å². The lowest BCUT2D eigenvalue weighted by atomic mass is 9.84. The van der Waals surface area contributed by atoms with Crippen LogP contribution in [0.2, 0.25) is 0 Å². The van der Waals surface area contributed by atoms with Crippen LogP contribution in [0.15, 0.2) is 24.3 Å². The first kappa shape index (κ1) is 15.5. The Morgan fingerprint density at radius 1 is 1.10 bits per heavy atom. The van der Waals surface area contributed by atoms with Gasteiger partial charge in [0.05, 0.1) is 5.75 Å². The average Bonchev–Trinajstić information content (AvgIpc) is 3.09. The van der Waals surface area contributed by atoms with Crippen LogP contribution in [0.3, 0.4) is 0 Å². The van der Waals surface area contributed by atoms with Gasteiger partial charge in [-0.2, -0.15) is 0 Å². The van der Waals surface area contributed by atoms with Crippen molar-refractivity contribution in [3.63, 3.8) is 0 Å². The van der Waals surface area contributed by atoms with E-state index in [9.17, 15) is 13.5 Å². The fourth-order valence-corrected chi connectivity index (χ4v) is 3.86. The molecule has 0 radical (unpaired) electrons. The molecule has 1 fully saturated rings. The highest BCUT2D eigenvalue weighted by Gasteiger charge is 2.47. The summed E-state index contributed by atoms with van der Waals surface area (Å²) in [5.74, 6) is -0.128. The molecule has 112 valence electrons. The number of hydrogen-bond donors (Lipinski definition) is 1. The van der Waals surface area contributed by atoms with Crippen LogP contribution in [-0.2, 0) is 20.9 Å². The normalized spacial score (nSPS) is 19.6. The molecule has 20 heavy (non-hydrogen) atoms. The van der Waals surface area contributed by atoms with E-state index in [1.807, 2.05) is 24.3 Å². The van der Waals surface area contributed by atoms with Gasteiger partial charge in [0.1, 0.15) is 5.60 Å². The lowest BCUT2D eigenvalue weighted by Crippen LogP contribution is -2.36. The van der Waals surface area contributed by atoms with Crippen LogP contribution in [0.4, 0.5) is 0 Å². The van der Waals surface area contributed by atoms with Gasteiger partial charge in [0.15, 0.2) is 9.84 Å². The molecule has 3 nitrogen and oxygen atoms in total. The Hall–Kier alpha value is -0.870. The summed E-state index contributed by atoms with van der Waals surface area (Å²) in [7, 11) is -3.22. The summed E-state index contributed by atoms with van der Waals surface area (Å²) in [6.45, 7) is 6.39. The van der Waals surface area contributed by atoms with E-state index in [1.54, 1.807) is 0 Å². The fraction of sp³-hybridized carbons (Fsp3) is 0.625. The Bertz CT molecular complexity index is 577. The van der Waals surface area contributed by atoms with Crippen LogP contribution >= 0.6 is 0 Å². The van der Waals surface area contributed by atoms with Crippen LogP contribution in [0.5, 0.6) is 0 Å². The highest BCUT2D eigenvalue weighted by Crippen LogP contribution is 2.46. The molecule has 1 atom stereocenters. The number of aliphatic hydroxyl groups is 1. The van der Waals surface area contributed by atoms with E-state index in [0.717, 1.165) is 18.4 Å². The zero-order chi connectivity index (χ0) is 15.2. The van der Waals surface area contributed by atoms with E-state index in [2.05, 4.69) is 20.8 Å². The number of sulfone groups is 1. The zero-order valence-electron chi connectivity index (χ0n) is 12.7. The van der Waals surface area contributed by atoms with Gasteiger partial charge in [-0.05, 0) is 35.3 Å². The minimum atomic E-state index is -3.22. The summed E-state index contributed by atoms with van der Waals surface area (Å²) in [6.07, 6.45) is 2.98. The van der Waals surface area contributed by atoms with Gasteiger partial charge < -0.3 is 5.11 Å². The quantitative estimate of drug-likeness (QED) is 0.929. The third-order valence-electron chi connectivity index (χ3n) is 3.99. The van der Waals surface area contributed by atoms with Crippen LogP contribution in [0, 0.1) is 5.92 Å². The van der Waals surface area contributed by atoms with E-state index in [-0.39, 0.29) is 17.1 Å². The minimum absolute atomic E-state index is 0.0487. The lowest BCUT2D eigenvalue weighted by Gasteiger charge is -2.29. The fourth-order valence-electron chi connectivity index (χ4n) is 2.66. The second kappa shape index (κ2) is 4.85. The summed E-state index contributed by atoms with van der Waals surface area (Å²) < 4.78 is 23.2. The summed E-state index contributed by atoms with van der Waals surface area (Å²) in [4.78, 5) is 0. The summed E-state index contributed by atoms with van der Waals surface area (Å²) >= 11 is 0. The molecule has 2 rings (SSSR count). The van der Waals surface area contributed by atoms with Gasteiger partial charge in [0, 0.05) is 6.26 Å². The number of hydrogen-bond acceptors (Lipinski definition) is 3. The largest absolute Gasteiger partial charge is 0.384 e. The molecule has 4 heteroatoms. The second-order valence-corrected chi connectivity index (χ2v) is 9.24. The zero-order valence-corrected chi connectivity index (χ0v) is 13.5. The predicted octanol–water partition coefficient (Wildman–Crippen LogP) is 2.63. The number of benzene rings is 1. The van der Waals surface area contributed by atoms with Gasteiger partial charge in [-0.1, -0.05) is 45.0 Å². The topological polar surface area (TPSA) is 54.4 Å². The molecule has 0 amide bonds. The van der Waals surface area contributed by atoms with Crippen molar-refractivity contribution in [1.82, 2.24) is 0 Å². The molecule has 1 aromatic rings. The van der Waals surface area contributed by atoms with E-state index in [0.29, 0.717) is 0 Å². The maximum Gasteiger partial charge on any atom is 0.150 e. The summed E-state index contributed by atoms with van der Waals surface area (Å²) in [5, 5.41) is 10.9. The van der Waals surface area contributed by atoms with Gasteiger partial charge in [-0.15, -0.1) is 0 Å². The first-order chi connectivity index (χ1) is 9.02. The van der Waals surface area contributed by atoms with E-state index in [1.165, 1.54) is 11.8 Å². The van der Waals surface area contributed by atoms with E-state index < -0.39 is 15.4 Å². The third-order valence-corrected chi connectivity index (χ3v) is 4.95. The lowest BCUT2D eigenvalue weighted by molar-refractivity contribution is 0.0366. The predicted molar refractivity (Wildman–Crippen MR) is 81.5 cm³/mol. The van der Waals surface area contributed by atoms with Crippen molar-refractivity contribution < 1.29 is 13.5 Å². The Morgan fingerprint density at radius 3 is 1.90 bits per heavy atom. The standard InChI is InChI=1S/C16H24O3S/c1-15(2,3)12-5-7-13(8-6-12)16(17,14-9-10-14)11-20(4,18)19/h5-8,14,17H,9-11H2,1-4H3. The van der Waals surface area contributed by atoms with Crippen molar-refractivity contribution in [2.45, 2.75) is 44.6 Å². The first-order valence-corrected chi connectivity index (χ1v) is 9.09. The molecule has 1 unspecified atom stereocenters. The number of rotatable bonds is 4. The van der Waals surface area contributed by atoms with Gasteiger partial charge in [-0.25, -0.2) is 8.42 Å². The van der Waals surface area contributed by atoms with Crippen LogP contribution in [0.25, 0.3) is 0 Å². The highest BCUT2D eigenvalue weighted by atomic mass is 32.2. The molecule has 1 aromatic carbocycles. The first-order valence-electron chi connectivity index (χ1n) is 7.03. The average molecular weight is 296 g/mol. The molecular formula is C16H24O3S. The molecule has 0 heterocycles. The molecule has 0 aliphatic heterocycles. The van der Waals surface area contributed by atoms with Crippen LogP contribution < -0.4 is 0 Å². The molecule has 1 aliphatic carbocycles. The Labute approximate surface area is 121 Å². The van der Waals surface area contributed by atoms with Crippen LogP contribution in [0.1, 0.15) is 44.7 Å². The molecule has 1 aliphatic rings. The highest BCUT2D eigenvalue weighted by molar-refractivity contribution is 7.90. The molecule has 0 aromatic heterocycles. The third kappa shape index (κ3) is 3.41. The van der Waals surface area contributed by atoms with Gasteiger partial charge >= 0.3 is 0 Å². The Kier molecular flexibility index (Phi) is 3.76. The molecular weight excluding hydrogens is 272 g/mol. The van der Waals surface area contributed by atoms with Crippen molar-refractivity contribution in [2.75, 3.05) is 12.0 Å². The van der Waals surface area contributed by atoms with Crippen molar-refractivity contribution >= 4 is 9.84 Å². The van der Waals surface area contributed by atoms with E-state index in [4.69, 9.17) is 0 Å². The maximum atomic E-state index is 11.6. The van der Waals surface area contributed by atoms with E-state index >= 15 is 0 Å². The second-order valence-electron chi connectivity index (χ2n) is 7.10. The van der Waals surface area contributed by atoms with Crippen molar-refractivity contribution in [2.24, 2.45) is 5.92 Å². The van der Waals surface area contributed by atoms with Gasteiger partial charge in [0.2, 0.25) is 0 Å². The minimum Gasteiger partial charge on any atom is -0.384 e. The maximum absolute atomic E-state index is 11.6. The molecule has 0 bridgehead atoms. The Balaban J connectivity index is 2.36. The van der Waals surface area contributed by atoms with Gasteiger partial charge in [-0.3, -0.25) is 0 Å². The molecule has 0 saturated heterocycles. The molecule has 0 spiro atoms. The smallest absolute Gasteiger partial charge is 0.150 e. The molecule has 1 N–H and O–H groups in total. The Morgan fingerprint density at radius 2 is 1.55 bits per heavy atom. The summed E-state index contributed by atoms with van der Waals surface area (Å²) in [5.41, 5.74) is 0.717.